The molecule has 0 unspecified atom stereocenters. The fraction of sp³-hybridized carbons (Fsp3) is 0.571. The van der Waals surface area contributed by atoms with Crippen LogP contribution in [0.1, 0.15) is 37.9 Å². The van der Waals surface area contributed by atoms with E-state index in [2.05, 4.69) is 29.8 Å². The predicted octanol–water partition coefficient (Wildman–Crippen LogP) is 2.89. The van der Waals surface area contributed by atoms with Crippen molar-refractivity contribution in [1.82, 2.24) is 4.98 Å². The van der Waals surface area contributed by atoms with E-state index in [9.17, 15) is 0 Å². The maximum Gasteiger partial charge on any atom is 0.130 e. The Morgan fingerprint density at radius 2 is 2.18 bits per heavy atom. The minimum absolute atomic E-state index is 0.344. The first-order valence-corrected chi connectivity index (χ1v) is 6.14. The van der Waals surface area contributed by atoms with E-state index in [0.29, 0.717) is 11.0 Å². The third-order valence-corrected chi connectivity index (χ3v) is 3.29. The Bertz CT molecular complexity index is 457. The molecule has 1 aromatic rings. The standard InChI is InChI=1S/C14H19N3/c1-11-7-12(9-15)8-13(16-11)17-6-4-5-14(2,3)10-17/h7-8H,4-6,10H2,1-3H3. The van der Waals surface area contributed by atoms with Gasteiger partial charge in [0.15, 0.2) is 0 Å². The molecule has 0 aromatic carbocycles. The molecule has 0 aliphatic carbocycles. The number of aryl methyl sites for hydroxylation is 1. The van der Waals surface area contributed by atoms with Crippen molar-refractivity contribution in [3.8, 4) is 6.07 Å². The Kier molecular flexibility index (Phi) is 3.06. The molecule has 0 radical (unpaired) electrons. The molecule has 0 bridgehead atoms. The Morgan fingerprint density at radius 3 is 2.82 bits per heavy atom. The van der Waals surface area contributed by atoms with Gasteiger partial charge in [-0.15, -0.1) is 0 Å². The van der Waals surface area contributed by atoms with Crippen molar-refractivity contribution in [3.05, 3.63) is 23.4 Å². The Hall–Kier alpha value is -1.56. The molecular formula is C14H19N3. The summed E-state index contributed by atoms with van der Waals surface area (Å²) in [5.41, 5.74) is 1.97. The van der Waals surface area contributed by atoms with Gasteiger partial charge in [0.25, 0.3) is 0 Å². The van der Waals surface area contributed by atoms with Crippen LogP contribution in [0.3, 0.4) is 0 Å². The molecule has 3 nitrogen and oxygen atoms in total. The van der Waals surface area contributed by atoms with Gasteiger partial charge in [0, 0.05) is 18.8 Å². The molecule has 0 spiro atoms. The highest BCUT2D eigenvalue weighted by atomic mass is 15.2. The fourth-order valence-corrected chi connectivity index (χ4v) is 2.50. The smallest absolute Gasteiger partial charge is 0.130 e. The lowest BCUT2D eigenvalue weighted by Gasteiger charge is -2.38. The van der Waals surface area contributed by atoms with E-state index < -0.39 is 0 Å². The zero-order chi connectivity index (χ0) is 12.5. The van der Waals surface area contributed by atoms with Gasteiger partial charge in [0.1, 0.15) is 5.82 Å². The zero-order valence-corrected chi connectivity index (χ0v) is 10.8. The lowest BCUT2D eigenvalue weighted by molar-refractivity contribution is 0.292. The minimum Gasteiger partial charge on any atom is -0.356 e. The number of nitrogens with zero attached hydrogens (tertiary/aromatic N) is 3. The minimum atomic E-state index is 0.344. The summed E-state index contributed by atoms with van der Waals surface area (Å²) in [5.74, 6) is 0.953. The molecule has 0 saturated carbocycles. The molecule has 17 heavy (non-hydrogen) atoms. The number of aromatic nitrogens is 1. The van der Waals surface area contributed by atoms with E-state index >= 15 is 0 Å². The van der Waals surface area contributed by atoms with E-state index in [1.165, 1.54) is 12.8 Å². The molecule has 90 valence electrons. The van der Waals surface area contributed by atoms with Gasteiger partial charge in [-0.1, -0.05) is 13.8 Å². The van der Waals surface area contributed by atoms with Crippen LogP contribution in [0.4, 0.5) is 5.82 Å². The van der Waals surface area contributed by atoms with Crippen molar-refractivity contribution in [2.75, 3.05) is 18.0 Å². The fourth-order valence-electron chi connectivity index (χ4n) is 2.50. The van der Waals surface area contributed by atoms with Crippen molar-refractivity contribution in [2.24, 2.45) is 5.41 Å². The van der Waals surface area contributed by atoms with Crippen molar-refractivity contribution < 1.29 is 0 Å². The second-order valence-electron chi connectivity index (χ2n) is 5.66. The topological polar surface area (TPSA) is 39.9 Å². The summed E-state index contributed by atoms with van der Waals surface area (Å²) < 4.78 is 0. The van der Waals surface area contributed by atoms with Crippen LogP contribution in [0.5, 0.6) is 0 Å². The third-order valence-electron chi connectivity index (χ3n) is 3.29. The number of pyridine rings is 1. The van der Waals surface area contributed by atoms with Gasteiger partial charge < -0.3 is 4.90 Å². The van der Waals surface area contributed by atoms with Gasteiger partial charge in [-0.25, -0.2) is 4.98 Å². The van der Waals surface area contributed by atoms with Gasteiger partial charge in [-0.2, -0.15) is 5.26 Å². The van der Waals surface area contributed by atoms with Gasteiger partial charge >= 0.3 is 0 Å². The predicted molar refractivity (Wildman–Crippen MR) is 68.9 cm³/mol. The monoisotopic (exact) mass is 229 g/mol. The van der Waals surface area contributed by atoms with Crippen molar-refractivity contribution in [2.45, 2.75) is 33.6 Å². The molecular weight excluding hydrogens is 210 g/mol. The van der Waals surface area contributed by atoms with E-state index in [1.54, 1.807) is 0 Å². The second kappa shape index (κ2) is 4.37. The van der Waals surface area contributed by atoms with Crippen molar-refractivity contribution >= 4 is 5.82 Å². The van der Waals surface area contributed by atoms with Crippen LogP contribution in [0, 0.1) is 23.7 Å². The highest BCUT2D eigenvalue weighted by molar-refractivity contribution is 5.47. The molecule has 1 aliphatic rings. The van der Waals surface area contributed by atoms with Gasteiger partial charge in [0.2, 0.25) is 0 Å². The van der Waals surface area contributed by atoms with E-state index in [1.807, 2.05) is 19.1 Å². The van der Waals surface area contributed by atoms with Crippen LogP contribution in [0.15, 0.2) is 12.1 Å². The van der Waals surface area contributed by atoms with Gasteiger partial charge in [-0.05, 0) is 37.3 Å². The average molecular weight is 229 g/mol. The average Bonchev–Trinajstić information content (AvgIpc) is 2.27. The molecule has 0 atom stereocenters. The quantitative estimate of drug-likeness (QED) is 0.743. The van der Waals surface area contributed by atoms with E-state index in [0.717, 1.165) is 24.6 Å². The second-order valence-corrected chi connectivity index (χ2v) is 5.66. The Labute approximate surface area is 103 Å². The number of nitriles is 1. The summed E-state index contributed by atoms with van der Waals surface area (Å²) in [6.45, 7) is 8.60. The summed E-state index contributed by atoms with van der Waals surface area (Å²) in [4.78, 5) is 6.85. The van der Waals surface area contributed by atoms with Crippen molar-refractivity contribution in [3.63, 3.8) is 0 Å². The number of hydrogen-bond donors (Lipinski definition) is 0. The molecule has 0 amide bonds. The van der Waals surface area contributed by atoms with Crippen molar-refractivity contribution in [1.29, 1.82) is 5.26 Å². The molecule has 2 heterocycles. The lowest BCUT2D eigenvalue weighted by atomic mass is 9.84. The highest BCUT2D eigenvalue weighted by Gasteiger charge is 2.27. The molecule has 2 rings (SSSR count). The summed E-state index contributed by atoms with van der Waals surface area (Å²) >= 11 is 0. The summed E-state index contributed by atoms with van der Waals surface area (Å²) in [5, 5.41) is 8.99. The molecule has 1 aromatic heterocycles. The maximum atomic E-state index is 8.99. The summed E-state index contributed by atoms with van der Waals surface area (Å²) in [7, 11) is 0. The lowest BCUT2D eigenvalue weighted by Crippen LogP contribution is -2.40. The van der Waals surface area contributed by atoms with Gasteiger partial charge in [0.05, 0.1) is 11.6 Å². The SMILES string of the molecule is Cc1cc(C#N)cc(N2CCCC(C)(C)C2)n1. The first-order chi connectivity index (χ1) is 8.00. The van der Waals surface area contributed by atoms with Crippen LogP contribution in [-0.2, 0) is 0 Å². The van der Waals surface area contributed by atoms with Crippen LogP contribution in [0.2, 0.25) is 0 Å². The van der Waals surface area contributed by atoms with Gasteiger partial charge in [-0.3, -0.25) is 0 Å². The Balaban J connectivity index is 2.28. The number of hydrogen-bond acceptors (Lipinski definition) is 3. The Morgan fingerprint density at radius 1 is 1.41 bits per heavy atom. The molecule has 0 N–H and O–H groups in total. The van der Waals surface area contributed by atoms with Crippen LogP contribution in [-0.4, -0.2) is 18.1 Å². The molecule has 3 heteroatoms. The normalized spacial score (nSPS) is 18.8. The first-order valence-electron chi connectivity index (χ1n) is 6.14. The van der Waals surface area contributed by atoms with Crippen LogP contribution < -0.4 is 4.90 Å². The summed E-state index contributed by atoms with van der Waals surface area (Å²) in [6, 6.07) is 5.93. The van der Waals surface area contributed by atoms with E-state index in [4.69, 9.17) is 5.26 Å². The van der Waals surface area contributed by atoms with Crippen LogP contribution >= 0.6 is 0 Å². The number of piperidine rings is 1. The third kappa shape index (κ3) is 2.76. The largest absolute Gasteiger partial charge is 0.356 e. The molecule has 1 fully saturated rings. The maximum absolute atomic E-state index is 8.99. The number of anilines is 1. The number of rotatable bonds is 1. The van der Waals surface area contributed by atoms with E-state index in [-0.39, 0.29) is 0 Å². The first kappa shape index (κ1) is 11.9. The zero-order valence-electron chi connectivity index (χ0n) is 10.8. The molecule has 1 saturated heterocycles. The highest BCUT2D eigenvalue weighted by Crippen LogP contribution is 2.31. The summed E-state index contributed by atoms with van der Waals surface area (Å²) in [6.07, 6.45) is 2.46. The molecule has 1 aliphatic heterocycles. The van der Waals surface area contributed by atoms with Crippen LogP contribution in [0.25, 0.3) is 0 Å².